The van der Waals surface area contributed by atoms with Gasteiger partial charge in [0.05, 0.1) is 11.3 Å². The maximum absolute atomic E-state index is 12.8. The molecule has 2 heterocycles. The molecule has 1 aliphatic rings. The second-order valence-electron chi connectivity index (χ2n) is 6.12. The molecule has 2 aromatic rings. The molecular weight excluding hydrogens is 304 g/mol. The first kappa shape index (κ1) is 16.2. The van der Waals surface area contributed by atoms with Crippen molar-refractivity contribution >= 4 is 11.9 Å². The van der Waals surface area contributed by atoms with Crippen molar-refractivity contribution in [2.45, 2.75) is 32.2 Å². The highest BCUT2D eigenvalue weighted by Crippen LogP contribution is 2.23. The summed E-state index contributed by atoms with van der Waals surface area (Å²) in [7, 11) is 0. The number of carboxylic acid groups (broad SMARTS) is 1. The Kier molecular flexibility index (Phi) is 4.60. The number of carbonyl (C=O) groups excluding carboxylic acids is 1. The number of aromatic carboxylic acids is 1. The Labute approximate surface area is 140 Å². The number of hydrogen-bond acceptors (Lipinski definition) is 3. The number of likely N-dealkylation sites (tertiary alicyclic amines) is 1. The number of hydrogen-bond donors (Lipinski definition) is 1. The molecule has 24 heavy (non-hydrogen) atoms. The zero-order valence-corrected chi connectivity index (χ0v) is 13.6. The highest BCUT2D eigenvalue weighted by atomic mass is 16.4. The molecule has 1 aliphatic heterocycles. The lowest BCUT2D eigenvalue weighted by Gasteiger charge is -2.24. The summed E-state index contributed by atoms with van der Waals surface area (Å²) in [6.07, 6.45) is 2.79. The third-order valence-electron chi connectivity index (χ3n) is 4.49. The SMILES string of the molecule is Cc1nc(C(=O)N2CCCC2Cc2ccccc2)ccc1C(=O)O. The van der Waals surface area contributed by atoms with Gasteiger partial charge in [0.2, 0.25) is 0 Å². The molecule has 1 fully saturated rings. The van der Waals surface area contributed by atoms with Gasteiger partial charge < -0.3 is 10.0 Å². The maximum atomic E-state index is 12.8. The van der Waals surface area contributed by atoms with E-state index in [0.29, 0.717) is 11.4 Å². The number of carboxylic acids is 1. The van der Waals surface area contributed by atoms with Crippen molar-refractivity contribution in [1.29, 1.82) is 0 Å². The highest BCUT2D eigenvalue weighted by molar-refractivity contribution is 5.94. The number of amides is 1. The second-order valence-corrected chi connectivity index (χ2v) is 6.12. The van der Waals surface area contributed by atoms with Gasteiger partial charge in [0.25, 0.3) is 5.91 Å². The van der Waals surface area contributed by atoms with Crippen LogP contribution >= 0.6 is 0 Å². The predicted molar refractivity (Wildman–Crippen MR) is 90.1 cm³/mol. The number of nitrogens with zero attached hydrogens (tertiary/aromatic N) is 2. The van der Waals surface area contributed by atoms with E-state index in [-0.39, 0.29) is 17.5 Å². The van der Waals surface area contributed by atoms with E-state index in [9.17, 15) is 9.59 Å². The van der Waals surface area contributed by atoms with Gasteiger partial charge in [0.1, 0.15) is 5.69 Å². The van der Waals surface area contributed by atoms with Gasteiger partial charge in [0.15, 0.2) is 0 Å². The number of carbonyl (C=O) groups is 2. The molecule has 1 aromatic heterocycles. The van der Waals surface area contributed by atoms with Crippen molar-refractivity contribution in [1.82, 2.24) is 9.88 Å². The van der Waals surface area contributed by atoms with Crippen LogP contribution in [0.1, 0.15) is 44.9 Å². The topological polar surface area (TPSA) is 70.5 Å². The molecule has 5 heteroatoms. The van der Waals surface area contributed by atoms with E-state index in [1.54, 1.807) is 6.92 Å². The van der Waals surface area contributed by atoms with Gasteiger partial charge in [-0.2, -0.15) is 0 Å². The number of rotatable bonds is 4. The quantitative estimate of drug-likeness (QED) is 0.938. The van der Waals surface area contributed by atoms with Crippen LogP contribution in [0.3, 0.4) is 0 Å². The van der Waals surface area contributed by atoms with E-state index in [1.165, 1.54) is 17.7 Å². The molecule has 0 aliphatic carbocycles. The van der Waals surface area contributed by atoms with Crippen LogP contribution < -0.4 is 0 Å². The van der Waals surface area contributed by atoms with Gasteiger partial charge in [-0.15, -0.1) is 0 Å². The lowest BCUT2D eigenvalue weighted by atomic mass is 10.0. The maximum Gasteiger partial charge on any atom is 0.337 e. The third kappa shape index (κ3) is 3.30. The molecule has 1 N–H and O–H groups in total. The Morgan fingerprint density at radius 3 is 2.62 bits per heavy atom. The fourth-order valence-corrected chi connectivity index (χ4v) is 3.25. The van der Waals surface area contributed by atoms with Crippen molar-refractivity contribution in [2.24, 2.45) is 0 Å². The molecule has 0 radical (unpaired) electrons. The first-order valence-corrected chi connectivity index (χ1v) is 8.12. The molecule has 0 spiro atoms. The lowest BCUT2D eigenvalue weighted by molar-refractivity contribution is 0.0689. The lowest BCUT2D eigenvalue weighted by Crippen LogP contribution is -2.37. The molecule has 124 valence electrons. The van der Waals surface area contributed by atoms with E-state index in [2.05, 4.69) is 17.1 Å². The Morgan fingerprint density at radius 1 is 1.21 bits per heavy atom. The summed E-state index contributed by atoms with van der Waals surface area (Å²) in [4.78, 5) is 30.0. The molecule has 1 amide bonds. The molecule has 1 aromatic carbocycles. The van der Waals surface area contributed by atoms with Crippen LogP contribution in [0.5, 0.6) is 0 Å². The van der Waals surface area contributed by atoms with Crippen LogP contribution in [-0.4, -0.2) is 39.5 Å². The fourth-order valence-electron chi connectivity index (χ4n) is 3.25. The summed E-state index contributed by atoms with van der Waals surface area (Å²) in [6.45, 7) is 2.34. The van der Waals surface area contributed by atoms with E-state index in [1.807, 2.05) is 23.1 Å². The van der Waals surface area contributed by atoms with Crippen molar-refractivity contribution < 1.29 is 14.7 Å². The zero-order chi connectivity index (χ0) is 17.1. The first-order chi connectivity index (χ1) is 11.6. The van der Waals surface area contributed by atoms with Gasteiger partial charge in [-0.1, -0.05) is 30.3 Å². The third-order valence-corrected chi connectivity index (χ3v) is 4.49. The molecule has 5 nitrogen and oxygen atoms in total. The monoisotopic (exact) mass is 324 g/mol. The largest absolute Gasteiger partial charge is 0.478 e. The summed E-state index contributed by atoms with van der Waals surface area (Å²) in [5.41, 5.74) is 2.03. The molecular formula is C19H20N2O3. The fraction of sp³-hybridized carbons (Fsp3) is 0.316. The summed E-state index contributed by atoms with van der Waals surface area (Å²) in [5.74, 6) is -1.14. The minimum absolute atomic E-state index is 0.117. The number of benzene rings is 1. The summed E-state index contributed by atoms with van der Waals surface area (Å²) < 4.78 is 0. The normalized spacial score (nSPS) is 17.0. The zero-order valence-electron chi connectivity index (χ0n) is 13.6. The predicted octanol–water partition coefficient (Wildman–Crippen LogP) is 2.94. The molecule has 1 saturated heterocycles. The number of aromatic nitrogens is 1. The van der Waals surface area contributed by atoms with Crippen LogP contribution in [0.25, 0.3) is 0 Å². The first-order valence-electron chi connectivity index (χ1n) is 8.12. The summed E-state index contributed by atoms with van der Waals surface area (Å²) in [5, 5.41) is 9.08. The van der Waals surface area contributed by atoms with Gasteiger partial charge in [-0.25, -0.2) is 9.78 Å². The molecule has 1 atom stereocenters. The smallest absolute Gasteiger partial charge is 0.337 e. The summed E-state index contributed by atoms with van der Waals surface area (Å²) >= 11 is 0. The van der Waals surface area contributed by atoms with Crippen molar-refractivity contribution in [2.75, 3.05) is 6.54 Å². The Hall–Kier alpha value is -2.69. The van der Waals surface area contributed by atoms with Crippen molar-refractivity contribution in [3.8, 4) is 0 Å². The van der Waals surface area contributed by atoms with Gasteiger partial charge in [-0.3, -0.25) is 4.79 Å². The molecule has 0 saturated carbocycles. The van der Waals surface area contributed by atoms with E-state index >= 15 is 0 Å². The molecule has 1 unspecified atom stereocenters. The van der Waals surface area contributed by atoms with Crippen molar-refractivity contribution in [3.63, 3.8) is 0 Å². The van der Waals surface area contributed by atoms with Crippen LogP contribution in [-0.2, 0) is 6.42 Å². The van der Waals surface area contributed by atoms with Gasteiger partial charge in [0, 0.05) is 12.6 Å². The second kappa shape index (κ2) is 6.83. The Bertz CT molecular complexity index is 758. The van der Waals surface area contributed by atoms with Crippen LogP contribution in [0.15, 0.2) is 42.5 Å². The van der Waals surface area contributed by atoms with E-state index in [4.69, 9.17) is 5.11 Å². The Morgan fingerprint density at radius 2 is 1.96 bits per heavy atom. The Balaban J connectivity index is 1.78. The van der Waals surface area contributed by atoms with Crippen molar-refractivity contribution in [3.05, 3.63) is 65.0 Å². The minimum atomic E-state index is -1.03. The average Bonchev–Trinajstić information content (AvgIpc) is 3.02. The minimum Gasteiger partial charge on any atom is -0.478 e. The van der Waals surface area contributed by atoms with Crippen LogP contribution in [0, 0.1) is 6.92 Å². The highest BCUT2D eigenvalue weighted by Gasteiger charge is 2.30. The molecule has 3 rings (SSSR count). The molecule has 0 bridgehead atoms. The van der Waals surface area contributed by atoms with Crippen LogP contribution in [0.2, 0.25) is 0 Å². The van der Waals surface area contributed by atoms with Crippen LogP contribution in [0.4, 0.5) is 0 Å². The van der Waals surface area contributed by atoms with E-state index in [0.717, 1.165) is 25.8 Å². The average molecular weight is 324 g/mol. The number of pyridine rings is 1. The van der Waals surface area contributed by atoms with E-state index < -0.39 is 5.97 Å². The standard InChI is InChI=1S/C19H20N2O3/c1-13-16(19(23)24)9-10-17(20-13)18(22)21-11-5-8-15(21)12-14-6-3-2-4-7-14/h2-4,6-7,9-10,15H,5,8,11-12H2,1H3,(H,23,24). The van der Waals surface area contributed by atoms with Gasteiger partial charge in [-0.05, 0) is 43.9 Å². The van der Waals surface area contributed by atoms with Gasteiger partial charge >= 0.3 is 5.97 Å². The summed E-state index contributed by atoms with van der Waals surface area (Å²) in [6, 6.07) is 13.3. The number of aryl methyl sites for hydroxylation is 1.